The van der Waals surface area contributed by atoms with Gasteiger partial charge in [0, 0.05) is 12.3 Å². The molecule has 7 nitrogen and oxygen atoms in total. The van der Waals surface area contributed by atoms with Crippen LogP contribution in [-0.4, -0.2) is 25.5 Å². The smallest absolute Gasteiger partial charge is 0.431 e. The predicted molar refractivity (Wildman–Crippen MR) is 80.9 cm³/mol. The van der Waals surface area contributed by atoms with E-state index in [-0.39, 0.29) is 10.4 Å². The summed E-state index contributed by atoms with van der Waals surface area (Å²) in [6.07, 6.45) is -4.04. The molecule has 0 unspecified atom stereocenters. The van der Waals surface area contributed by atoms with Gasteiger partial charge in [-0.1, -0.05) is 0 Å². The van der Waals surface area contributed by atoms with Gasteiger partial charge in [-0.2, -0.15) is 13.2 Å². The minimum Gasteiger partial charge on any atom is -0.480 e. The first-order valence-electron chi connectivity index (χ1n) is 6.02. The van der Waals surface area contributed by atoms with Gasteiger partial charge in [-0.15, -0.1) is 0 Å². The minimum absolute atomic E-state index is 0.0725. The molecule has 0 aliphatic rings. The van der Waals surface area contributed by atoms with Crippen LogP contribution in [0.5, 0.6) is 5.88 Å². The minimum atomic E-state index is -4.76. The number of methoxy groups -OCH3 is 1. The number of alkyl halides is 3. The van der Waals surface area contributed by atoms with Gasteiger partial charge in [0.05, 0.1) is 22.8 Å². The van der Waals surface area contributed by atoms with Crippen molar-refractivity contribution in [2.24, 2.45) is 5.14 Å². The third-order valence-corrected chi connectivity index (χ3v) is 4.37. The second-order valence-electron chi connectivity index (χ2n) is 4.49. The molecule has 0 aliphatic carbocycles. The van der Waals surface area contributed by atoms with Crippen molar-refractivity contribution in [3.8, 4) is 17.1 Å². The number of primary sulfonamides is 1. The lowest BCUT2D eigenvalue weighted by molar-refractivity contribution is -0.141. The summed E-state index contributed by atoms with van der Waals surface area (Å²) >= 11 is 3.02. The van der Waals surface area contributed by atoms with Gasteiger partial charge in [-0.25, -0.2) is 18.5 Å². The topological polar surface area (TPSA) is 115 Å². The lowest BCUT2D eigenvalue weighted by Crippen LogP contribution is -2.18. The average molecular weight is 428 g/mol. The Morgan fingerprint density at radius 3 is 2.42 bits per heavy atom. The third kappa shape index (κ3) is 3.60. The van der Waals surface area contributed by atoms with Crippen molar-refractivity contribution in [1.29, 1.82) is 0 Å². The number of aromatic amines is 1. The van der Waals surface area contributed by atoms with Crippen LogP contribution in [0.25, 0.3) is 11.3 Å². The van der Waals surface area contributed by atoms with Gasteiger partial charge in [0.1, 0.15) is 10.6 Å². The maximum absolute atomic E-state index is 12.6. The van der Waals surface area contributed by atoms with Crippen molar-refractivity contribution in [3.63, 3.8) is 0 Å². The first kappa shape index (κ1) is 18.4. The standard InChI is InChI=1S/C12H9BrF3N3O4S/c1-23-11-6(13)2-8(24(17,21)22)10(19-11)5-4-18-9(3-7(5)20)12(14,15)16/h2-4H,1H3,(H,18,20)(H2,17,21,22). The van der Waals surface area contributed by atoms with E-state index in [1.807, 2.05) is 4.98 Å². The van der Waals surface area contributed by atoms with Gasteiger partial charge in [0.15, 0.2) is 5.43 Å². The molecule has 0 atom stereocenters. The second kappa shape index (κ2) is 6.18. The van der Waals surface area contributed by atoms with E-state index in [0.717, 1.165) is 12.3 Å². The zero-order valence-corrected chi connectivity index (χ0v) is 14.2. The maximum Gasteiger partial charge on any atom is 0.431 e. The third-order valence-electron chi connectivity index (χ3n) is 2.88. The van der Waals surface area contributed by atoms with E-state index in [2.05, 4.69) is 20.9 Å². The van der Waals surface area contributed by atoms with Gasteiger partial charge >= 0.3 is 6.18 Å². The second-order valence-corrected chi connectivity index (χ2v) is 6.88. The molecule has 0 saturated heterocycles. The molecular weight excluding hydrogens is 419 g/mol. The van der Waals surface area contributed by atoms with Gasteiger partial charge < -0.3 is 9.72 Å². The zero-order valence-electron chi connectivity index (χ0n) is 11.8. The van der Waals surface area contributed by atoms with Crippen LogP contribution in [0.15, 0.2) is 32.5 Å². The molecule has 3 N–H and O–H groups in total. The van der Waals surface area contributed by atoms with E-state index in [1.54, 1.807) is 0 Å². The van der Waals surface area contributed by atoms with Gasteiger partial charge in [-0.3, -0.25) is 4.79 Å². The molecule has 2 heterocycles. The summed E-state index contributed by atoms with van der Waals surface area (Å²) in [7, 11) is -3.07. The molecule has 2 rings (SSSR count). The number of H-pyrrole nitrogens is 1. The van der Waals surface area contributed by atoms with E-state index < -0.39 is 43.5 Å². The molecule has 0 saturated carbocycles. The van der Waals surface area contributed by atoms with Crippen LogP contribution in [0, 0.1) is 0 Å². The van der Waals surface area contributed by atoms with Gasteiger partial charge in [0.2, 0.25) is 15.9 Å². The molecule has 0 fully saturated rings. The molecule has 12 heteroatoms. The fourth-order valence-electron chi connectivity index (χ4n) is 1.83. The number of hydrogen-bond acceptors (Lipinski definition) is 5. The fourth-order valence-corrected chi connectivity index (χ4v) is 3.17. The first-order valence-corrected chi connectivity index (χ1v) is 8.36. The van der Waals surface area contributed by atoms with Crippen molar-refractivity contribution < 1.29 is 26.3 Å². The first-order chi connectivity index (χ1) is 10.9. The van der Waals surface area contributed by atoms with Crippen molar-refractivity contribution in [2.45, 2.75) is 11.1 Å². The van der Waals surface area contributed by atoms with E-state index in [9.17, 15) is 26.4 Å². The number of rotatable bonds is 3. The van der Waals surface area contributed by atoms with Crippen molar-refractivity contribution in [1.82, 2.24) is 9.97 Å². The normalized spacial score (nSPS) is 12.2. The van der Waals surface area contributed by atoms with Crippen molar-refractivity contribution in [3.05, 3.63) is 38.7 Å². The van der Waals surface area contributed by atoms with Crippen molar-refractivity contribution >= 4 is 26.0 Å². The highest BCUT2D eigenvalue weighted by atomic mass is 79.9. The Morgan fingerprint density at radius 1 is 1.33 bits per heavy atom. The molecule has 0 spiro atoms. The molecule has 2 aromatic rings. The monoisotopic (exact) mass is 427 g/mol. The Kier molecular flexibility index (Phi) is 4.74. The number of halogens is 4. The van der Waals surface area contributed by atoms with Gasteiger partial charge in [0.25, 0.3) is 0 Å². The molecule has 0 aromatic carbocycles. The number of sulfonamides is 1. The summed E-state index contributed by atoms with van der Waals surface area (Å²) in [6.45, 7) is 0. The Hall–Kier alpha value is -1.92. The Bertz CT molecular complexity index is 957. The fraction of sp³-hybridized carbons (Fsp3) is 0.167. The molecule has 130 valence electrons. The van der Waals surface area contributed by atoms with Crippen LogP contribution < -0.4 is 15.3 Å². The molecule has 0 amide bonds. The summed E-state index contributed by atoms with van der Waals surface area (Å²) in [5, 5.41) is 5.08. The summed E-state index contributed by atoms with van der Waals surface area (Å²) in [4.78, 5) is 17.2. The molecule has 0 radical (unpaired) electrons. The van der Waals surface area contributed by atoms with Crippen molar-refractivity contribution in [2.75, 3.05) is 7.11 Å². The Morgan fingerprint density at radius 2 is 1.96 bits per heavy atom. The molecule has 0 aliphatic heterocycles. The number of pyridine rings is 2. The summed E-state index contributed by atoms with van der Waals surface area (Å²) in [5.41, 5.74) is -3.19. The molecular formula is C12H9BrF3N3O4S. The van der Waals surface area contributed by atoms with Crippen LogP contribution in [0.1, 0.15) is 5.69 Å². The number of hydrogen-bond donors (Lipinski definition) is 2. The summed E-state index contributed by atoms with van der Waals surface area (Å²) < 4.78 is 66.3. The van der Waals surface area contributed by atoms with Crippen LogP contribution in [0.2, 0.25) is 0 Å². The van der Waals surface area contributed by atoms with Gasteiger partial charge in [-0.05, 0) is 22.0 Å². The summed E-state index contributed by atoms with van der Waals surface area (Å²) in [5.74, 6) is -0.0725. The van der Waals surface area contributed by atoms with E-state index >= 15 is 0 Å². The quantitative estimate of drug-likeness (QED) is 0.775. The highest BCUT2D eigenvalue weighted by molar-refractivity contribution is 9.10. The SMILES string of the molecule is COc1nc(-c2c[nH]c(C(F)(F)F)cc2=O)c(S(N)(=O)=O)cc1Br. The van der Waals surface area contributed by atoms with Crippen LogP contribution in [-0.2, 0) is 16.2 Å². The summed E-state index contributed by atoms with van der Waals surface area (Å²) in [6, 6.07) is 1.35. The Balaban J connectivity index is 2.79. The molecule has 0 bridgehead atoms. The lowest BCUT2D eigenvalue weighted by Gasteiger charge is -2.11. The average Bonchev–Trinajstić information content (AvgIpc) is 2.45. The number of aromatic nitrogens is 2. The van der Waals surface area contributed by atoms with Crippen LogP contribution in [0.4, 0.5) is 13.2 Å². The van der Waals surface area contributed by atoms with E-state index in [1.165, 1.54) is 7.11 Å². The number of nitrogens with one attached hydrogen (secondary N) is 1. The highest BCUT2D eigenvalue weighted by Gasteiger charge is 2.32. The largest absolute Gasteiger partial charge is 0.480 e. The molecule has 2 aromatic heterocycles. The van der Waals surface area contributed by atoms with E-state index in [4.69, 9.17) is 9.88 Å². The lowest BCUT2D eigenvalue weighted by atomic mass is 10.1. The van der Waals surface area contributed by atoms with Crippen LogP contribution in [0.3, 0.4) is 0 Å². The maximum atomic E-state index is 12.6. The predicted octanol–water partition coefficient (Wildman–Crippen LogP) is 1.87. The number of nitrogens with two attached hydrogens (primary N) is 1. The number of nitrogens with zero attached hydrogens (tertiary/aromatic N) is 1. The highest BCUT2D eigenvalue weighted by Crippen LogP contribution is 2.32. The number of ether oxygens (including phenoxy) is 1. The molecule has 24 heavy (non-hydrogen) atoms. The Labute approximate surface area is 141 Å². The van der Waals surface area contributed by atoms with E-state index in [0.29, 0.717) is 6.07 Å². The zero-order chi connectivity index (χ0) is 18.3. The van der Waals surface area contributed by atoms with Crippen LogP contribution >= 0.6 is 15.9 Å².